The predicted molar refractivity (Wildman–Crippen MR) is 89.7 cm³/mol. The van der Waals surface area contributed by atoms with Gasteiger partial charge in [0.2, 0.25) is 0 Å². The first-order chi connectivity index (χ1) is 11.6. The van der Waals surface area contributed by atoms with Crippen LogP contribution in [0, 0.1) is 11.6 Å². The third kappa shape index (κ3) is 3.42. The van der Waals surface area contributed by atoms with Crippen molar-refractivity contribution in [3.63, 3.8) is 0 Å². The number of halogens is 3. The summed E-state index contributed by atoms with van der Waals surface area (Å²) in [5.74, 6) is -1.78. The molecule has 0 aliphatic heterocycles. The molecule has 6 heteroatoms. The van der Waals surface area contributed by atoms with Crippen LogP contribution in [0.15, 0.2) is 54.9 Å². The van der Waals surface area contributed by atoms with Crippen LogP contribution < -0.4 is 5.73 Å². The molecule has 0 aliphatic carbocycles. The molecule has 0 saturated heterocycles. The van der Waals surface area contributed by atoms with E-state index in [1.165, 1.54) is 18.3 Å². The van der Waals surface area contributed by atoms with Gasteiger partial charge in [-0.25, -0.2) is 8.78 Å². The molecule has 0 saturated carbocycles. The molecule has 3 nitrogen and oxygen atoms in total. The lowest BCUT2D eigenvalue weighted by atomic mass is 9.92. The van der Waals surface area contributed by atoms with Crippen LogP contribution in [0.4, 0.5) is 8.78 Å². The highest BCUT2D eigenvalue weighted by molar-refractivity contribution is 6.30. The summed E-state index contributed by atoms with van der Waals surface area (Å²) < 4.78 is 27.2. The molecule has 1 heterocycles. The number of hydrogen-bond acceptors (Lipinski definition) is 3. The largest absolute Gasteiger partial charge is 0.329 e. The maximum Gasteiger partial charge on any atom is 0.126 e. The molecule has 24 heavy (non-hydrogen) atoms. The number of hydrogen-bond donors (Lipinski definition) is 1. The van der Waals surface area contributed by atoms with Crippen molar-refractivity contribution < 1.29 is 8.78 Å². The Bertz CT molecular complexity index is 833. The molecule has 3 aromatic rings. The van der Waals surface area contributed by atoms with Gasteiger partial charge in [0.15, 0.2) is 0 Å². The van der Waals surface area contributed by atoms with Crippen molar-refractivity contribution >= 4 is 11.6 Å². The third-order valence-corrected chi connectivity index (χ3v) is 3.95. The minimum Gasteiger partial charge on any atom is -0.329 e. The zero-order valence-electron chi connectivity index (χ0n) is 12.6. The van der Waals surface area contributed by atoms with Gasteiger partial charge in [0.25, 0.3) is 0 Å². The molecular weight excluding hydrogens is 332 g/mol. The molecule has 122 valence electrons. The quantitative estimate of drug-likeness (QED) is 0.772. The highest BCUT2D eigenvalue weighted by atomic mass is 35.5. The Kier molecular flexibility index (Phi) is 4.83. The van der Waals surface area contributed by atoms with Crippen LogP contribution in [0.25, 0.3) is 11.3 Å². The van der Waals surface area contributed by atoms with E-state index in [1.54, 1.807) is 18.3 Å². The standard InChI is InChI=1S/C18H14ClF2N3/c19-13-3-1-11(2-4-13)17-18(24-6-5-23-17)16(10-22)12-7-14(20)9-15(21)8-12/h1-9,16H,10,22H2. The lowest BCUT2D eigenvalue weighted by Crippen LogP contribution is -2.17. The summed E-state index contributed by atoms with van der Waals surface area (Å²) in [6, 6.07) is 10.5. The van der Waals surface area contributed by atoms with Crippen molar-refractivity contribution in [3.8, 4) is 11.3 Å². The molecule has 1 unspecified atom stereocenters. The van der Waals surface area contributed by atoms with E-state index in [1.807, 2.05) is 12.1 Å². The summed E-state index contributed by atoms with van der Waals surface area (Å²) in [5, 5.41) is 0.603. The normalized spacial score (nSPS) is 12.2. The lowest BCUT2D eigenvalue weighted by molar-refractivity contribution is 0.576. The van der Waals surface area contributed by atoms with Gasteiger partial charge in [-0.1, -0.05) is 23.7 Å². The van der Waals surface area contributed by atoms with Crippen molar-refractivity contribution in [2.45, 2.75) is 5.92 Å². The minimum absolute atomic E-state index is 0.141. The van der Waals surface area contributed by atoms with Gasteiger partial charge in [-0.15, -0.1) is 0 Å². The average molecular weight is 346 g/mol. The number of aromatic nitrogens is 2. The Balaban J connectivity index is 2.11. The molecule has 0 spiro atoms. The van der Waals surface area contributed by atoms with E-state index < -0.39 is 17.6 Å². The second kappa shape index (κ2) is 7.03. The van der Waals surface area contributed by atoms with E-state index in [4.69, 9.17) is 17.3 Å². The van der Waals surface area contributed by atoms with Crippen molar-refractivity contribution in [2.24, 2.45) is 5.73 Å². The second-order valence-corrected chi connectivity index (χ2v) is 5.72. The van der Waals surface area contributed by atoms with Crippen LogP contribution in [-0.4, -0.2) is 16.5 Å². The molecule has 2 N–H and O–H groups in total. The summed E-state index contributed by atoms with van der Waals surface area (Å²) in [4.78, 5) is 8.73. The summed E-state index contributed by atoms with van der Waals surface area (Å²) in [6.07, 6.45) is 3.10. The molecule has 1 aromatic heterocycles. The van der Waals surface area contributed by atoms with Gasteiger partial charge < -0.3 is 5.73 Å². The number of nitrogens with zero attached hydrogens (tertiary/aromatic N) is 2. The van der Waals surface area contributed by atoms with E-state index in [-0.39, 0.29) is 6.54 Å². The van der Waals surface area contributed by atoms with E-state index in [0.29, 0.717) is 22.0 Å². The Morgan fingerprint density at radius 2 is 1.58 bits per heavy atom. The summed E-state index contributed by atoms with van der Waals surface area (Å²) in [6.45, 7) is 0.141. The Morgan fingerprint density at radius 1 is 0.958 bits per heavy atom. The topological polar surface area (TPSA) is 51.8 Å². The van der Waals surface area contributed by atoms with E-state index in [0.717, 1.165) is 11.6 Å². The zero-order valence-corrected chi connectivity index (χ0v) is 13.3. The smallest absolute Gasteiger partial charge is 0.126 e. The monoisotopic (exact) mass is 345 g/mol. The van der Waals surface area contributed by atoms with Crippen LogP contribution in [0.1, 0.15) is 17.2 Å². The van der Waals surface area contributed by atoms with Gasteiger partial charge in [-0.05, 0) is 29.8 Å². The van der Waals surface area contributed by atoms with Crippen molar-refractivity contribution in [1.29, 1.82) is 0 Å². The fourth-order valence-corrected chi connectivity index (χ4v) is 2.74. The third-order valence-electron chi connectivity index (χ3n) is 3.70. The Hall–Kier alpha value is -2.37. The molecule has 0 radical (unpaired) electrons. The SMILES string of the molecule is NCC(c1cc(F)cc(F)c1)c1nccnc1-c1ccc(Cl)cc1. The van der Waals surface area contributed by atoms with Gasteiger partial charge in [0, 0.05) is 41.5 Å². The van der Waals surface area contributed by atoms with Crippen molar-refractivity contribution in [1.82, 2.24) is 9.97 Å². The van der Waals surface area contributed by atoms with Crippen LogP contribution in [0.3, 0.4) is 0 Å². The van der Waals surface area contributed by atoms with Crippen LogP contribution in [0.5, 0.6) is 0 Å². The van der Waals surface area contributed by atoms with Gasteiger partial charge >= 0.3 is 0 Å². The first kappa shape index (κ1) is 16.5. The molecule has 0 bridgehead atoms. The molecular formula is C18H14ClF2N3. The molecule has 0 aliphatic rings. The Morgan fingerprint density at radius 3 is 2.21 bits per heavy atom. The van der Waals surface area contributed by atoms with Crippen molar-refractivity contribution in [2.75, 3.05) is 6.54 Å². The number of nitrogens with two attached hydrogens (primary N) is 1. The number of rotatable bonds is 4. The summed E-state index contributed by atoms with van der Waals surface area (Å²) >= 11 is 5.92. The molecule has 1 atom stereocenters. The fraction of sp³-hybridized carbons (Fsp3) is 0.111. The minimum atomic E-state index is -0.652. The first-order valence-corrected chi connectivity index (χ1v) is 7.69. The Labute approximate surface area is 143 Å². The summed E-state index contributed by atoms with van der Waals surface area (Å²) in [5.41, 5.74) is 8.27. The van der Waals surface area contributed by atoms with Crippen LogP contribution in [0.2, 0.25) is 5.02 Å². The van der Waals surface area contributed by atoms with Gasteiger partial charge in [-0.3, -0.25) is 9.97 Å². The fourth-order valence-electron chi connectivity index (χ4n) is 2.62. The predicted octanol–water partition coefficient (Wildman–Crippen LogP) is 4.17. The average Bonchev–Trinajstić information content (AvgIpc) is 2.56. The maximum absolute atomic E-state index is 13.6. The summed E-state index contributed by atoms with van der Waals surface area (Å²) in [7, 11) is 0. The number of benzene rings is 2. The maximum atomic E-state index is 13.6. The van der Waals surface area contributed by atoms with Crippen molar-refractivity contribution in [3.05, 3.63) is 82.8 Å². The van der Waals surface area contributed by atoms with E-state index in [9.17, 15) is 8.78 Å². The molecule has 0 amide bonds. The van der Waals surface area contributed by atoms with Crippen LogP contribution in [-0.2, 0) is 0 Å². The highest BCUT2D eigenvalue weighted by Crippen LogP contribution is 2.31. The van der Waals surface area contributed by atoms with Gasteiger partial charge in [0.05, 0.1) is 11.4 Å². The van der Waals surface area contributed by atoms with Gasteiger partial charge in [-0.2, -0.15) is 0 Å². The van der Waals surface area contributed by atoms with E-state index >= 15 is 0 Å². The second-order valence-electron chi connectivity index (χ2n) is 5.29. The molecule has 2 aromatic carbocycles. The van der Waals surface area contributed by atoms with Crippen LogP contribution >= 0.6 is 11.6 Å². The molecule has 3 rings (SSSR count). The zero-order chi connectivity index (χ0) is 17.1. The highest BCUT2D eigenvalue weighted by Gasteiger charge is 2.21. The first-order valence-electron chi connectivity index (χ1n) is 7.31. The van der Waals surface area contributed by atoms with E-state index in [2.05, 4.69) is 9.97 Å². The molecule has 0 fully saturated rings. The van der Waals surface area contributed by atoms with Gasteiger partial charge in [0.1, 0.15) is 11.6 Å². The lowest BCUT2D eigenvalue weighted by Gasteiger charge is -2.18.